The number of nitrogens with two attached hydrogens (primary N) is 1. The summed E-state index contributed by atoms with van der Waals surface area (Å²) in [5.74, 6) is 0. The van der Waals surface area contributed by atoms with E-state index in [2.05, 4.69) is 15.9 Å². The summed E-state index contributed by atoms with van der Waals surface area (Å²) in [7, 11) is 0. The van der Waals surface area contributed by atoms with E-state index in [1.807, 2.05) is 12.1 Å². The molecule has 1 rings (SSSR count). The van der Waals surface area contributed by atoms with Gasteiger partial charge in [0.1, 0.15) is 0 Å². The molecule has 0 fully saturated rings. The zero-order valence-electron chi connectivity index (χ0n) is 7.07. The van der Waals surface area contributed by atoms with Gasteiger partial charge in [0.25, 0.3) is 0 Å². The molecule has 0 saturated carbocycles. The molecule has 1 aromatic rings. The topological polar surface area (TPSA) is 66.5 Å². The van der Waals surface area contributed by atoms with Crippen LogP contribution in [0.2, 0.25) is 0 Å². The molecule has 1 aromatic carbocycles. The summed E-state index contributed by atoms with van der Waals surface area (Å²) in [6, 6.07) is 7.23. The van der Waals surface area contributed by atoms with Crippen molar-refractivity contribution in [1.29, 1.82) is 0 Å². The smallest absolute Gasteiger partial charge is 0.0878 e. The van der Waals surface area contributed by atoms with E-state index in [0.29, 0.717) is 5.56 Å². The molecule has 0 atom stereocenters. The Kier molecular flexibility index (Phi) is 3.44. The maximum atomic E-state index is 9.03. The zero-order valence-corrected chi connectivity index (χ0v) is 8.66. The van der Waals surface area contributed by atoms with Gasteiger partial charge in [-0.3, -0.25) is 0 Å². The largest absolute Gasteiger partial charge is 0.394 e. The van der Waals surface area contributed by atoms with Crippen LogP contribution in [0.15, 0.2) is 28.7 Å². The number of halogens is 1. The summed E-state index contributed by atoms with van der Waals surface area (Å²) < 4.78 is 0.877. The fraction of sp³-hybridized carbons (Fsp3) is 0.333. The standard InChI is InChI=1S/C9H12BrNO2/c10-8-3-1-2-7(4-8)9(11,5-12)6-13/h1-4,12-13H,5-6,11H2. The lowest BCUT2D eigenvalue weighted by Crippen LogP contribution is -2.44. The van der Waals surface area contributed by atoms with E-state index in [1.165, 1.54) is 0 Å². The summed E-state index contributed by atoms with van der Waals surface area (Å²) in [6.45, 7) is -0.556. The number of aliphatic hydroxyl groups excluding tert-OH is 2. The van der Waals surface area contributed by atoms with Crippen molar-refractivity contribution in [3.05, 3.63) is 34.3 Å². The molecule has 0 saturated heterocycles. The van der Waals surface area contributed by atoms with E-state index in [9.17, 15) is 0 Å². The van der Waals surface area contributed by atoms with Gasteiger partial charge in [-0.05, 0) is 17.7 Å². The van der Waals surface area contributed by atoms with Gasteiger partial charge < -0.3 is 15.9 Å². The molecule has 0 amide bonds. The Morgan fingerprint density at radius 3 is 2.38 bits per heavy atom. The van der Waals surface area contributed by atoms with E-state index < -0.39 is 5.54 Å². The molecule has 4 N–H and O–H groups in total. The lowest BCUT2D eigenvalue weighted by atomic mass is 9.93. The predicted octanol–water partition coefficient (Wildman–Crippen LogP) is 0.588. The fourth-order valence-electron chi connectivity index (χ4n) is 1.03. The normalized spacial score (nSPS) is 11.7. The van der Waals surface area contributed by atoms with E-state index in [-0.39, 0.29) is 13.2 Å². The van der Waals surface area contributed by atoms with Crippen LogP contribution in [-0.4, -0.2) is 23.4 Å². The van der Waals surface area contributed by atoms with E-state index >= 15 is 0 Å². The Balaban J connectivity index is 3.05. The van der Waals surface area contributed by atoms with Crippen LogP contribution >= 0.6 is 15.9 Å². The lowest BCUT2D eigenvalue weighted by molar-refractivity contribution is 0.121. The second kappa shape index (κ2) is 4.19. The van der Waals surface area contributed by atoms with Crippen molar-refractivity contribution in [3.63, 3.8) is 0 Å². The average Bonchev–Trinajstić information content (AvgIpc) is 2.17. The van der Waals surface area contributed by atoms with Gasteiger partial charge in [0.2, 0.25) is 0 Å². The number of hydrogen-bond donors (Lipinski definition) is 3. The third-order valence-corrected chi connectivity index (χ3v) is 2.46. The van der Waals surface area contributed by atoms with Crippen LogP contribution in [0.1, 0.15) is 5.56 Å². The summed E-state index contributed by atoms with van der Waals surface area (Å²) in [5.41, 5.74) is 5.43. The maximum Gasteiger partial charge on any atom is 0.0878 e. The van der Waals surface area contributed by atoms with Gasteiger partial charge in [-0.25, -0.2) is 0 Å². The highest BCUT2D eigenvalue weighted by atomic mass is 79.9. The summed E-state index contributed by atoms with van der Waals surface area (Å²) in [5, 5.41) is 18.1. The first-order valence-electron chi connectivity index (χ1n) is 3.89. The van der Waals surface area contributed by atoms with Gasteiger partial charge in [-0.15, -0.1) is 0 Å². The van der Waals surface area contributed by atoms with Crippen LogP contribution in [0.4, 0.5) is 0 Å². The van der Waals surface area contributed by atoms with Crippen molar-refractivity contribution in [1.82, 2.24) is 0 Å². The van der Waals surface area contributed by atoms with Crippen LogP contribution in [0, 0.1) is 0 Å². The van der Waals surface area contributed by atoms with Crippen molar-refractivity contribution in [2.24, 2.45) is 5.73 Å². The van der Waals surface area contributed by atoms with Crippen LogP contribution in [0.5, 0.6) is 0 Å². The molecule has 0 spiro atoms. The van der Waals surface area contributed by atoms with Crippen molar-refractivity contribution < 1.29 is 10.2 Å². The highest BCUT2D eigenvalue weighted by Crippen LogP contribution is 2.20. The zero-order chi connectivity index (χ0) is 9.90. The Labute approximate surface area is 85.3 Å². The molecule has 13 heavy (non-hydrogen) atoms. The highest BCUT2D eigenvalue weighted by Gasteiger charge is 2.25. The Hall–Kier alpha value is -0.420. The second-order valence-corrected chi connectivity index (χ2v) is 3.90. The third-order valence-electron chi connectivity index (χ3n) is 1.96. The molecule has 0 unspecified atom stereocenters. The number of benzene rings is 1. The number of hydrogen-bond acceptors (Lipinski definition) is 3. The fourth-order valence-corrected chi connectivity index (χ4v) is 1.43. The lowest BCUT2D eigenvalue weighted by Gasteiger charge is -2.25. The number of aliphatic hydroxyl groups is 2. The first-order valence-corrected chi connectivity index (χ1v) is 4.68. The minimum atomic E-state index is -1.05. The summed E-state index contributed by atoms with van der Waals surface area (Å²) >= 11 is 3.29. The van der Waals surface area contributed by atoms with Gasteiger partial charge in [0.15, 0.2) is 0 Å². The molecular formula is C9H12BrNO2. The van der Waals surface area contributed by atoms with Crippen LogP contribution < -0.4 is 5.73 Å². The SMILES string of the molecule is NC(CO)(CO)c1cccc(Br)c1. The monoisotopic (exact) mass is 245 g/mol. The molecule has 0 aromatic heterocycles. The Morgan fingerprint density at radius 1 is 1.31 bits per heavy atom. The molecule has 4 heteroatoms. The van der Waals surface area contributed by atoms with Gasteiger partial charge in [-0.1, -0.05) is 28.1 Å². The van der Waals surface area contributed by atoms with E-state index in [1.54, 1.807) is 12.1 Å². The Morgan fingerprint density at radius 2 is 1.92 bits per heavy atom. The van der Waals surface area contributed by atoms with Crippen molar-refractivity contribution in [3.8, 4) is 0 Å². The molecule has 3 nitrogen and oxygen atoms in total. The van der Waals surface area contributed by atoms with Gasteiger partial charge in [0, 0.05) is 4.47 Å². The molecule has 0 aliphatic carbocycles. The molecule has 0 radical (unpaired) electrons. The third kappa shape index (κ3) is 2.28. The van der Waals surface area contributed by atoms with E-state index in [4.69, 9.17) is 15.9 Å². The molecule has 0 aliphatic heterocycles. The molecule has 0 heterocycles. The quantitative estimate of drug-likeness (QED) is 0.731. The first-order chi connectivity index (χ1) is 6.12. The van der Waals surface area contributed by atoms with Crippen molar-refractivity contribution >= 4 is 15.9 Å². The van der Waals surface area contributed by atoms with Gasteiger partial charge in [-0.2, -0.15) is 0 Å². The second-order valence-electron chi connectivity index (χ2n) is 2.98. The van der Waals surface area contributed by atoms with Crippen molar-refractivity contribution in [2.45, 2.75) is 5.54 Å². The molecule has 72 valence electrons. The van der Waals surface area contributed by atoms with Gasteiger partial charge in [0.05, 0.1) is 18.8 Å². The molecular weight excluding hydrogens is 234 g/mol. The minimum Gasteiger partial charge on any atom is -0.394 e. The summed E-state index contributed by atoms with van der Waals surface area (Å²) in [6.07, 6.45) is 0. The van der Waals surface area contributed by atoms with Crippen LogP contribution in [-0.2, 0) is 5.54 Å². The van der Waals surface area contributed by atoms with Gasteiger partial charge >= 0.3 is 0 Å². The summed E-state index contributed by atoms with van der Waals surface area (Å²) in [4.78, 5) is 0. The van der Waals surface area contributed by atoms with Crippen LogP contribution in [0.3, 0.4) is 0 Å². The van der Waals surface area contributed by atoms with Crippen LogP contribution in [0.25, 0.3) is 0 Å². The number of rotatable bonds is 3. The molecule has 0 bridgehead atoms. The average molecular weight is 246 g/mol. The first kappa shape index (κ1) is 10.7. The minimum absolute atomic E-state index is 0.278. The predicted molar refractivity (Wildman–Crippen MR) is 54.2 cm³/mol. The highest BCUT2D eigenvalue weighted by molar-refractivity contribution is 9.10. The molecule has 0 aliphatic rings. The Bertz CT molecular complexity index is 287. The van der Waals surface area contributed by atoms with E-state index in [0.717, 1.165) is 4.47 Å². The van der Waals surface area contributed by atoms with Crippen molar-refractivity contribution in [2.75, 3.05) is 13.2 Å². The maximum absolute atomic E-state index is 9.03.